The van der Waals surface area contributed by atoms with Crippen LogP contribution in [0.3, 0.4) is 0 Å². The number of benzene rings is 1. The van der Waals surface area contributed by atoms with Gasteiger partial charge in [-0.15, -0.1) is 0 Å². The molecule has 0 heterocycles. The van der Waals surface area contributed by atoms with Crippen LogP contribution in [0.15, 0.2) is 24.3 Å². The van der Waals surface area contributed by atoms with Gasteiger partial charge in [0.25, 0.3) is 6.43 Å². The fourth-order valence-electron chi connectivity index (χ4n) is 1.83. The molecule has 132 valence electrons. The van der Waals surface area contributed by atoms with Crippen molar-refractivity contribution in [2.45, 2.75) is 18.4 Å². The summed E-state index contributed by atoms with van der Waals surface area (Å²) in [6, 6.07) is 3.76. The smallest absolute Gasteiger partial charge is 0.383 e. The predicted molar refractivity (Wildman–Crippen MR) is 73.5 cm³/mol. The molecule has 0 aromatic heterocycles. The third-order valence-electron chi connectivity index (χ3n) is 2.88. The molecule has 0 N–H and O–H groups in total. The number of nitrogens with zero attached hydrogens (tertiary/aromatic N) is 1. The predicted octanol–water partition coefficient (Wildman–Crippen LogP) is 2.75. The molecule has 0 atom stereocenters. The summed E-state index contributed by atoms with van der Waals surface area (Å²) >= 11 is 0. The summed E-state index contributed by atoms with van der Waals surface area (Å²) in [7, 11) is -2.92. The third-order valence-corrected chi connectivity index (χ3v) is 4.70. The van der Waals surface area contributed by atoms with Gasteiger partial charge in [0.05, 0.1) is 24.5 Å². The van der Waals surface area contributed by atoms with E-state index in [0.29, 0.717) is 10.4 Å². The number of hydrogen-bond acceptors (Lipinski definition) is 3. The summed E-state index contributed by atoms with van der Waals surface area (Å²) in [4.78, 5) is 0. The first-order chi connectivity index (χ1) is 10.6. The molecule has 0 aliphatic heterocycles. The van der Waals surface area contributed by atoms with Gasteiger partial charge in [-0.05, 0) is 11.6 Å². The van der Waals surface area contributed by atoms with Crippen LogP contribution in [0, 0.1) is 0 Å². The van der Waals surface area contributed by atoms with E-state index in [2.05, 4.69) is 4.74 Å². The average Bonchev–Trinajstić information content (AvgIpc) is 2.41. The lowest BCUT2D eigenvalue weighted by molar-refractivity contribution is -0.137. The van der Waals surface area contributed by atoms with Crippen molar-refractivity contribution < 1.29 is 35.1 Å². The molecule has 23 heavy (non-hydrogen) atoms. The zero-order valence-corrected chi connectivity index (χ0v) is 13.0. The van der Waals surface area contributed by atoms with E-state index in [1.807, 2.05) is 0 Å². The van der Waals surface area contributed by atoms with E-state index in [-0.39, 0.29) is 18.7 Å². The molecule has 0 bridgehead atoms. The second kappa shape index (κ2) is 8.02. The lowest BCUT2D eigenvalue weighted by Gasteiger charge is -2.21. The van der Waals surface area contributed by atoms with E-state index in [4.69, 9.17) is 0 Å². The Morgan fingerprint density at radius 3 is 2.43 bits per heavy atom. The largest absolute Gasteiger partial charge is 0.416 e. The van der Waals surface area contributed by atoms with Crippen molar-refractivity contribution in [2.75, 3.05) is 26.8 Å². The summed E-state index contributed by atoms with van der Waals surface area (Å²) in [5, 5.41) is 0. The number of hydrogen-bond donors (Lipinski definition) is 0. The molecule has 0 amide bonds. The van der Waals surface area contributed by atoms with Crippen molar-refractivity contribution in [3.05, 3.63) is 35.4 Å². The summed E-state index contributed by atoms with van der Waals surface area (Å²) in [6.07, 6.45) is -7.51. The third kappa shape index (κ3) is 6.40. The quantitative estimate of drug-likeness (QED) is 0.669. The van der Waals surface area contributed by atoms with Crippen molar-refractivity contribution in [3.8, 4) is 0 Å². The topological polar surface area (TPSA) is 46.6 Å². The average molecular weight is 361 g/mol. The first-order valence-corrected chi connectivity index (χ1v) is 8.08. The molecule has 1 rings (SSSR count). The Balaban J connectivity index is 2.98. The summed E-state index contributed by atoms with van der Waals surface area (Å²) in [5.74, 6) is -0.798. The van der Waals surface area contributed by atoms with Crippen LogP contribution in [0.1, 0.15) is 11.1 Å². The van der Waals surface area contributed by atoms with Gasteiger partial charge in [0, 0.05) is 13.7 Å². The van der Waals surface area contributed by atoms with Gasteiger partial charge in [-0.25, -0.2) is 17.2 Å². The normalized spacial score (nSPS) is 13.0. The Morgan fingerprint density at radius 2 is 1.91 bits per heavy atom. The van der Waals surface area contributed by atoms with Crippen LogP contribution >= 0.6 is 0 Å². The van der Waals surface area contributed by atoms with Crippen LogP contribution in [0.5, 0.6) is 0 Å². The number of alkyl halides is 5. The second-order valence-corrected chi connectivity index (χ2v) is 6.67. The maximum Gasteiger partial charge on any atom is 0.416 e. The van der Waals surface area contributed by atoms with Crippen molar-refractivity contribution in [1.29, 1.82) is 0 Å². The molecule has 0 unspecified atom stereocenters. The number of halogens is 5. The van der Waals surface area contributed by atoms with Gasteiger partial charge in [0.2, 0.25) is 10.0 Å². The molecule has 0 aliphatic rings. The van der Waals surface area contributed by atoms with Crippen LogP contribution in [-0.4, -0.2) is 46.0 Å². The maximum absolute atomic E-state index is 12.6. The van der Waals surface area contributed by atoms with Crippen LogP contribution in [0.2, 0.25) is 0 Å². The Morgan fingerprint density at radius 1 is 1.26 bits per heavy atom. The number of ether oxygens (including phenoxy) is 1. The first kappa shape index (κ1) is 19.8. The van der Waals surface area contributed by atoms with Crippen LogP contribution in [-0.2, 0) is 26.7 Å². The lowest BCUT2D eigenvalue weighted by atomic mass is 10.1. The number of sulfonamides is 1. The van der Waals surface area contributed by atoms with E-state index in [9.17, 15) is 30.4 Å². The Bertz CT molecular complexity index is 604. The molecule has 0 fully saturated rings. The SMILES string of the molecule is COCCN(CC(F)F)S(=O)(=O)Cc1cccc(C(F)(F)F)c1. The molecule has 1 aromatic rings. The van der Waals surface area contributed by atoms with Crippen LogP contribution < -0.4 is 0 Å². The first-order valence-electron chi connectivity index (χ1n) is 6.47. The minimum Gasteiger partial charge on any atom is -0.383 e. The van der Waals surface area contributed by atoms with Gasteiger partial charge in [-0.2, -0.15) is 17.5 Å². The zero-order chi connectivity index (χ0) is 17.7. The van der Waals surface area contributed by atoms with Crippen LogP contribution in [0.4, 0.5) is 22.0 Å². The molecule has 0 saturated heterocycles. The van der Waals surface area contributed by atoms with Crippen molar-refractivity contribution in [3.63, 3.8) is 0 Å². The molecule has 1 aromatic carbocycles. The number of rotatable bonds is 8. The minimum absolute atomic E-state index is 0.103. The molecule has 10 heteroatoms. The second-order valence-electron chi connectivity index (χ2n) is 4.70. The monoisotopic (exact) mass is 361 g/mol. The van der Waals surface area contributed by atoms with Crippen molar-refractivity contribution in [1.82, 2.24) is 4.31 Å². The van der Waals surface area contributed by atoms with Gasteiger partial charge in [0.15, 0.2) is 0 Å². The van der Waals surface area contributed by atoms with E-state index < -0.39 is 40.5 Å². The molecular formula is C13H16F5NO3S. The van der Waals surface area contributed by atoms with Gasteiger partial charge in [-0.1, -0.05) is 18.2 Å². The molecule has 0 saturated carbocycles. The Labute approximate surface area is 130 Å². The maximum atomic E-state index is 12.6. The molecule has 0 aliphatic carbocycles. The lowest BCUT2D eigenvalue weighted by Crippen LogP contribution is -2.38. The standard InChI is InChI=1S/C13H16F5NO3S/c1-22-6-5-19(8-12(14)15)23(20,21)9-10-3-2-4-11(7-10)13(16,17)18/h2-4,7,12H,5-6,8-9H2,1H3. The van der Waals surface area contributed by atoms with Gasteiger partial charge in [-0.3, -0.25) is 0 Å². The molecular weight excluding hydrogens is 345 g/mol. The fraction of sp³-hybridized carbons (Fsp3) is 0.538. The van der Waals surface area contributed by atoms with E-state index in [0.717, 1.165) is 12.1 Å². The number of methoxy groups -OCH3 is 1. The summed E-state index contributed by atoms with van der Waals surface area (Å²) in [6.45, 7) is -1.44. The van der Waals surface area contributed by atoms with Crippen LogP contribution in [0.25, 0.3) is 0 Å². The summed E-state index contributed by atoms with van der Waals surface area (Å²) < 4.78 is 92.4. The Hall–Kier alpha value is -1.26. The van der Waals surface area contributed by atoms with Gasteiger partial charge < -0.3 is 4.74 Å². The Kier molecular flexibility index (Phi) is 6.90. The highest BCUT2D eigenvalue weighted by Gasteiger charge is 2.31. The zero-order valence-electron chi connectivity index (χ0n) is 12.2. The van der Waals surface area contributed by atoms with E-state index in [1.165, 1.54) is 13.2 Å². The molecule has 4 nitrogen and oxygen atoms in total. The highest BCUT2D eigenvalue weighted by molar-refractivity contribution is 7.88. The van der Waals surface area contributed by atoms with Crippen molar-refractivity contribution in [2.24, 2.45) is 0 Å². The van der Waals surface area contributed by atoms with E-state index in [1.54, 1.807) is 0 Å². The fourth-order valence-corrected chi connectivity index (χ4v) is 3.31. The molecule has 0 radical (unpaired) electrons. The van der Waals surface area contributed by atoms with Crippen molar-refractivity contribution >= 4 is 10.0 Å². The van der Waals surface area contributed by atoms with Gasteiger partial charge >= 0.3 is 6.18 Å². The summed E-state index contributed by atoms with van der Waals surface area (Å²) in [5.41, 5.74) is -1.13. The minimum atomic E-state index is -4.61. The molecule has 0 spiro atoms. The highest BCUT2D eigenvalue weighted by Crippen LogP contribution is 2.30. The van der Waals surface area contributed by atoms with Gasteiger partial charge in [0.1, 0.15) is 0 Å². The highest BCUT2D eigenvalue weighted by atomic mass is 32.2. The van der Waals surface area contributed by atoms with E-state index >= 15 is 0 Å².